The van der Waals surface area contributed by atoms with Crippen molar-refractivity contribution in [2.45, 2.75) is 19.6 Å². The summed E-state index contributed by atoms with van der Waals surface area (Å²) in [6.07, 6.45) is 0.538. The Balaban J connectivity index is 1.62. The monoisotopic (exact) mass is 508 g/mol. The number of nitrogens with zero attached hydrogens (tertiary/aromatic N) is 4. The first-order valence-electron chi connectivity index (χ1n) is 11.4. The Morgan fingerprint density at radius 1 is 1.14 bits per heavy atom. The second-order valence-corrected chi connectivity index (χ2v) is 8.25. The fourth-order valence-corrected chi connectivity index (χ4v) is 3.76. The Hall–Kier alpha value is -4.58. The van der Waals surface area contributed by atoms with Crippen LogP contribution >= 0.6 is 0 Å². The van der Waals surface area contributed by atoms with Gasteiger partial charge in [-0.3, -0.25) is 14.3 Å². The highest BCUT2D eigenvalue weighted by molar-refractivity contribution is 5.82. The van der Waals surface area contributed by atoms with E-state index in [0.29, 0.717) is 22.8 Å². The number of hydrogen-bond donors (Lipinski definition) is 3. The molecule has 3 N–H and O–H groups in total. The third-order valence-electron chi connectivity index (χ3n) is 5.71. The van der Waals surface area contributed by atoms with E-state index in [0.717, 1.165) is 5.56 Å². The number of aliphatic hydroxyl groups is 1. The van der Waals surface area contributed by atoms with E-state index in [1.165, 1.54) is 29.5 Å². The van der Waals surface area contributed by atoms with Gasteiger partial charge in [-0.25, -0.2) is 10.2 Å². The molecule has 4 rings (SSSR count). The number of fused-ring (bicyclic) bond motifs is 1. The van der Waals surface area contributed by atoms with Gasteiger partial charge < -0.3 is 23.9 Å². The number of ether oxygens (including phenoxy) is 3. The lowest BCUT2D eigenvalue weighted by Crippen LogP contribution is -2.30. The second kappa shape index (κ2) is 11.0. The van der Waals surface area contributed by atoms with Crippen LogP contribution in [0.25, 0.3) is 11.2 Å². The molecule has 1 atom stereocenters. The number of para-hydroxylation sites is 1. The molecule has 194 valence electrons. The van der Waals surface area contributed by atoms with Crippen LogP contribution in [0.5, 0.6) is 17.2 Å². The van der Waals surface area contributed by atoms with Crippen molar-refractivity contribution in [2.75, 3.05) is 26.3 Å². The molecule has 2 aromatic carbocycles. The number of benzene rings is 2. The van der Waals surface area contributed by atoms with Crippen LogP contribution in [0.1, 0.15) is 11.1 Å². The van der Waals surface area contributed by atoms with E-state index in [4.69, 9.17) is 14.2 Å². The maximum Gasteiger partial charge on any atom is 0.329 e. The summed E-state index contributed by atoms with van der Waals surface area (Å²) in [7, 11) is 4.58. The van der Waals surface area contributed by atoms with Crippen LogP contribution in [0.4, 0.5) is 5.95 Å². The van der Waals surface area contributed by atoms with Crippen molar-refractivity contribution < 1.29 is 19.3 Å². The molecule has 1 unspecified atom stereocenters. The van der Waals surface area contributed by atoms with Crippen molar-refractivity contribution in [1.82, 2.24) is 19.1 Å². The fraction of sp³-hybridized carbons (Fsp3) is 0.280. The number of aryl methyl sites for hydroxylation is 2. The summed E-state index contributed by atoms with van der Waals surface area (Å²) >= 11 is 0. The van der Waals surface area contributed by atoms with Crippen molar-refractivity contribution in [3.63, 3.8) is 0 Å². The number of nitrogens with one attached hydrogen (secondary N) is 2. The highest BCUT2D eigenvalue weighted by Crippen LogP contribution is 2.27. The SMILES string of the molecule is COc1ccc(/C=N/Nc2nc3c(c(=O)[nH]c(=O)n3C)n2CC(O)COc2ccccc2C)cc1OC. The van der Waals surface area contributed by atoms with Crippen LogP contribution < -0.4 is 30.9 Å². The molecule has 0 amide bonds. The van der Waals surface area contributed by atoms with Gasteiger partial charge in [-0.15, -0.1) is 0 Å². The molecule has 0 fully saturated rings. The van der Waals surface area contributed by atoms with Gasteiger partial charge in [0, 0.05) is 7.05 Å². The number of aliphatic hydroxyl groups excluding tert-OH is 1. The molecule has 0 bridgehead atoms. The summed E-state index contributed by atoms with van der Waals surface area (Å²) in [5, 5.41) is 15.0. The zero-order chi connectivity index (χ0) is 26.5. The quantitative estimate of drug-likeness (QED) is 0.217. The molecule has 0 spiro atoms. The van der Waals surface area contributed by atoms with Gasteiger partial charge >= 0.3 is 5.69 Å². The molecule has 37 heavy (non-hydrogen) atoms. The van der Waals surface area contributed by atoms with Crippen molar-refractivity contribution in [1.29, 1.82) is 0 Å². The molecule has 0 saturated carbocycles. The van der Waals surface area contributed by atoms with Gasteiger partial charge in [0.05, 0.1) is 27.0 Å². The Labute approximate surface area is 211 Å². The molecule has 0 radical (unpaired) electrons. The Bertz CT molecular complexity index is 1550. The summed E-state index contributed by atoms with van der Waals surface area (Å²) in [4.78, 5) is 31.5. The van der Waals surface area contributed by atoms with Crippen molar-refractivity contribution >= 4 is 23.3 Å². The topological polar surface area (TPSA) is 145 Å². The van der Waals surface area contributed by atoms with Crippen LogP contribution in [0, 0.1) is 6.92 Å². The molecular weight excluding hydrogens is 480 g/mol. The molecule has 0 aliphatic rings. The molecule has 4 aromatic rings. The van der Waals surface area contributed by atoms with Crippen LogP contribution in [-0.4, -0.2) is 57.4 Å². The number of aromatic nitrogens is 4. The predicted molar refractivity (Wildman–Crippen MR) is 139 cm³/mol. The van der Waals surface area contributed by atoms with E-state index in [2.05, 4.69) is 20.5 Å². The van der Waals surface area contributed by atoms with Crippen LogP contribution in [-0.2, 0) is 13.6 Å². The van der Waals surface area contributed by atoms with Crippen LogP contribution in [0.3, 0.4) is 0 Å². The molecule has 0 aliphatic heterocycles. The Morgan fingerprint density at radius 2 is 1.89 bits per heavy atom. The smallest absolute Gasteiger partial charge is 0.329 e. The standard InChI is InChI=1S/C25H28N6O6/c1-15-7-5-6-8-18(15)37-14-17(32)13-31-21-22(30(2)25(34)28-23(21)33)27-24(31)29-26-12-16-9-10-19(35-3)20(11-16)36-4/h5-12,17,32H,13-14H2,1-4H3,(H,27,29)(H,28,33,34)/b26-12+. The Morgan fingerprint density at radius 3 is 2.62 bits per heavy atom. The molecule has 0 saturated heterocycles. The average molecular weight is 509 g/mol. The van der Waals surface area contributed by atoms with Crippen molar-refractivity contribution in [3.8, 4) is 17.2 Å². The van der Waals surface area contributed by atoms with Gasteiger partial charge in [-0.05, 0) is 42.3 Å². The van der Waals surface area contributed by atoms with Gasteiger partial charge in [0.1, 0.15) is 18.5 Å². The van der Waals surface area contributed by atoms with E-state index in [9.17, 15) is 14.7 Å². The summed E-state index contributed by atoms with van der Waals surface area (Å²) in [6.45, 7) is 1.84. The number of imidazole rings is 1. The highest BCUT2D eigenvalue weighted by Gasteiger charge is 2.20. The molecule has 12 heteroatoms. The number of hydrogen-bond acceptors (Lipinski definition) is 9. The van der Waals surface area contributed by atoms with Gasteiger partial charge in [0.25, 0.3) is 5.56 Å². The van der Waals surface area contributed by atoms with Crippen molar-refractivity contribution in [3.05, 3.63) is 74.4 Å². The molecule has 2 heterocycles. The number of rotatable bonds is 10. The number of anilines is 1. The zero-order valence-electron chi connectivity index (χ0n) is 20.9. The zero-order valence-corrected chi connectivity index (χ0v) is 20.9. The third-order valence-corrected chi connectivity index (χ3v) is 5.71. The largest absolute Gasteiger partial charge is 0.493 e. The minimum Gasteiger partial charge on any atom is -0.493 e. The van der Waals surface area contributed by atoms with Gasteiger partial charge in [0.2, 0.25) is 5.95 Å². The first kappa shape index (κ1) is 25.5. The number of H-pyrrole nitrogens is 1. The lowest BCUT2D eigenvalue weighted by atomic mass is 10.2. The summed E-state index contributed by atoms with van der Waals surface area (Å²) in [5.41, 5.74) is 3.47. The van der Waals surface area contributed by atoms with E-state index in [-0.39, 0.29) is 30.3 Å². The molecular formula is C25H28N6O6. The van der Waals surface area contributed by atoms with E-state index in [1.54, 1.807) is 25.3 Å². The number of hydrazone groups is 1. The second-order valence-electron chi connectivity index (χ2n) is 8.25. The van der Waals surface area contributed by atoms with E-state index in [1.807, 2.05) is 31.2 Å². The molecule has 12 nitrogen and oxygen atoms in total. The minimum absolute atomic E-state index is 0.0253. The van der Waals surface area contributed by atoms with E-state index < -0.39 is 17.4 Å². The fourth-order valence-electron chi connectivity index (χ4n) is 3.76. The first-order valence-corrected chi connectivity index (χ1v) is 11.4. The number of methoxy groups -OCH3 is 2. The summed E-state index contributed by atoms with van der Waals surface area (Å²) in [6, 6.07) is 12.7. The maximum atomic E-state index is 12.7. The third kappa shape index (κ3) is 5.48. The highest BCUT2D eigenvalue weighted by atomic mass is 16.5. The van der Waals surface area contributed by atoms with Crippen LogP contribution in [0.15, 0.2) is 57.2 Å². The van der Waals surface area contributed by atoms with Crippen LogP contribution in [0.2, 0.25) is 0 Å². The number of aromatic amines is 1. The average Bonchev–Trinajstić information content (AvgIpc) is 3.25. The Kier molecular flexibility index (Phi) is 7.58. The van der Waals surface area contributed by atoms with Gasteiger partial charge in [-0.2, -0.15) is 10.1 Å². The lowest BCUT2D eigenvalue weighted by Gasteiger charge is -2.16. The minimum atomic E-state index is -0.996. The maximum absolute atomic E-state index is 12.7. The molecule has 2 aromatic heterocycles. The molecule has 0 aliphatic carbocycles. The summed E-state index contributed by atoms with van der Waals surface area (Å²) < 4.78 is 19.0. The van der Waals surface area contributed by atoms with Gasteiger partial charge in [0.15, 0.2) is 22.7 Å². The van der Waals surface area contributed by atoms with E-state index >= 15 is 0 Å². The first-order chi connectivity index (χ1) is 17.8. The van der Waals surface area contributed by atoms with Crippen molar-refractivity contribution in [2.24, 2.45) is 12.1 Å². The van der Waals surface area contributed by atoms with Gasteiger partial charge in [-0.1, -0.05) is 18.2 Å². The normalized spacial score (nSPS) is 12.1. The lowest BCUT2D eigenvalue weighted by molar-refractivity contribution is 0.0935. The summed E-state index contributed by atoms with van der Waals surface area (Å²) in [5.74, 6) is 1.93. The predicted octanol–water partition coefficient (Wildman–Crippen LogP) is 1.63.